The molecule has 1 heterocycles. The van der Waals surface area contributed by atoms with Gasteiger partial charge in [-0.2, -0.15) is 0 Å². The molecule has 0 radical (unpaired) electrons. The summed E-state index contributed by atoms with van der Waals surface area (Å²) in [6.07, 6.45) is 0.382. The summed E-state index contributed by atoms with van der Waals surface area (Å²) in [6.45, 7) is 0.352. The quantitative estimate of drug-likeness (QED) is 0.865. The zero-order chi connectivity index (χ0) is 17.9. The highest BCUT2D eigenvalue weighted by atomic mass is 35.5. The maximum Gasteiger partial charge on any atom is 0.228 e. The fraction of sp³-hybridized carbons (Fsp3) is 0.278. The van der Waals surface area contributed by atoms with Gasteiger partial charge >= 0.3 is 0 Å². The van der Waals surface area contributed by atoms with Gasteiger partial charge in [-0.25, -0.2) is 8.42 Å². The van der Waals surface area contributed by atoms with Crippen molar-refractivity contribution < 1.29 is 17.9 Å². The van der Waals surface area contributed by atoms with Crippen molar-refractivity contribution in [2.75, 3.05) is 16.8 Å². The molecule has 1 unspecified atom stereocenters. The van der Waals surface area contributed by atoms with Gasteiger partial charge in [0.2, 0.25) is 5.91 Å². The monoisotopic (exact) mass is 379 g/mol. The molecule has 25 heavy (non-hydrogen) atoms. The molecule has 1 saturated heterocycles. The van der Waals surface area contributed by atoms with E-state index < -0.39 is 15.8 Å². The van der Waals surface area contributed by atoms with Gasteiger partial charge in [-0.3, -0.25) is 4.79 Å². The molecule has 0 saturated carbocycles. The van der Waals surface area contributed by atoms with E-state index in [9.17, 15) is 13.2 Å². The van der Waals surface area contributed by atoms with Gasteiger partial charge in [0.1, 0.15) is 12.4 Å². The van der Waals surface area contributed by atoms with Gasteiger partial charge in [0.15, 0.2) is 9.84 Å². The zero-order valence-corrected chi connectivity index (χ0v) is 15.0. The third kappa shape index (κ3) is 4.74. The Morgan fingerprint density at radius 1 is 1.16 bits per heavy atom. The van der Waals surface area contributed by atoms with Crippen LogP contribution in [0.4, 0.5) is 5.69 Å². The summed E-state index contributed by atoms with van der Waals surface area (Å²) < 4.78 is 28.6. The number of rotatable bonds is 5. The van der Waals surface area contributed by atoms with Crippen molar-refractivity contribution in [2.24, 2.45) is 5.92 Å². The van der Waals surface area contributed by atoms with Crippen LogP contribution in [0.2, 0.25) is 5.02 Å². The number of carbonyl (C=O) groups excluding carboxylic acids is 1. The standard InChI is InChI=1S/C18H18ClNO4S/c19-17-4-2-1-3-13(17)11-24-16-7-5-15(6-8-16)20-18(21)14-9-10-25(22,23)12-14/h1-8,14H,9-12H2,(H,20,21). The van der Waals surface area contributed by atoms with Crippen molar-refractivity contribution in [2.45, 2.75) is 13.0 Å². The molecule has 2 aromatic rings. The molecule has 132 valence electrons. The van der Waals surface area contributed by atoms with Crippen LogP contribution in [0.3, 0.4) is 0 Å². The maximum atomic E-state index is 12.1. The summed E-state index contributed by atoms with van der Waals surface area (Å²) in [5, 5.41) is 3.40. The molecule has 3 rings (SSSR count). The summed E-state index contributed by atoms with van der Waals surface area (Å²) in [6, 6.07) is 14.4. The minimum Gasteiger partial charge on any atom is -0.489 e. The molecule has 1 aliphatic heterocycles. The molecule has 1 amide bonds. The molecular weight excluding hydrogens is 362 g/mol. The topological polar surface area (TPSA) is 72.5 Å². The van der Waals surface area contributed by atoms with Gasteiger partial charge < -0.3 is 10.1 Å². The predicted octanol–water partition coefficient (Wildman–Crippen LogP) is 3.29. The molecular formula is C18H18ClNO4S. The van der Waals surface area contributed by atoms with Crippen LogP contribution in [0.15, 0.2) is 48.5 Å². The molecule has 1 aliphatic rings. The van der Waals surface area contributed by atoms with Crippen molar-refractivity contribution in [3.8, 4) is 5.75 Å². The SMILES string of the molecule is O=C(Nc1ccc(OCc2ccccc2Cl)cc1)C1CCS(=O)(=O)C1. The lowest BCUT2D eigenvalue weighted by Crippen LogP contribution is -2.23. The largest absolute Gasteiger partial charge is 0.489 e. The van der Waals surface area contributed by atoms with E-state index in [1.165, 1.54) is 0 Å². The van der Waals surface area contributed by atoms with Crippen LogP contribution >= 0.6 is 11.6 Å². The number of hydrogen-bond acceptors (Lipinski definition) is 4. The van der Waals surface area contributed by atoms with Gasteiger partial charge in [-0.15, -0.1) is 0 Å². The highest BCUT2D eigenvalue weighted by Gasteiger charge is 2.32. The molecule has 0 aliphatic carbocycles. The van der Waals surface area contributed by atoms with Gasteiger partial charge in [0.25, 0.3) is 0 Å². The molecule has 1 fully saturated rings. The zero-order valence-electron chi connectivity index (χ0n) is 13.4. The number of ether oxygens (including phenoxy) is 1. The Balaban J connectivity index is 1.55. The second-order valence-corrected chi connectivity index (χ2v) is 8.63. The van der Waals surface area contributed by atoms with Gasteiger partial charge in [-0.1, -0.05) is 29.8 Å². The molecule has 0 spiro atoms. The lowest BCUT2D eigenvalue weighted by atomic mass is 10.1. The Labute approximate surface area is 151 Å². The molecule has 5 nitrogen and oxygen atoms in total. The minimum atomic E-state index is -3.07. The Hall–Kier alpha value is -2.05. The van der Waals surface area contributed by atoms with E-state index in [-0.39, 0.29) is 17.4 Å². The second kappa shape index (κ2) is 7.45. The smallest absolute Gasteiger partial charge is 0.228 e. The maximum absolute atomic E-state index is 12.1. The molecule has 7 heteroatoms. The van der Waals surface area contributed by atoms with Crippen LogP contribution in [0.25, 0.3) is 0 Å². The lowest BCUT2D eigenvalue weighted by Gasteiger charge is -2.11. The lowest BCUT2D eigenvalue weighted by molar-refractivity contribution is -0.119. The number of amides is 1. The summed E-state index contributed by atoms with van der Waals surface area (Å²) >= 11 is 6.08. The average molecular weight is 380 g/mol. The predicted molar refractivity (Wildman–Crippen MR) is 97.6 cm³/mol. The fourth-order valence-corrected chi connectivity index (χ4v) is 4.59. The highest BCUT2D eigenvalue weighted by Crippen LogP contribution is 2.23. The van der Waals surface area contributed by atoms with Crippen LogP contribution in [-0.2, 0) is 21.2 Å². The van der Waals surface area contributed by atoms with Crippen LogP contribution in [0.1, 0.15) is 12.0 Å². The van der Waals surface area contributed by atoms with Crippen LogP contribution in [-0.4, -0.2) is 25.8 Å². The fourth-order valence-electron chi connectivity index (χ4n) is 2.66. The first-order valence-electron chi connectivity index (χ1n) is 7.90. The number of benzene rings is 2. The highest BCUT2D eigenvalue weighted by molar-refractivity contribution is 7.91. The third-order valence-corrected chi connectivity index (χ3v) is 6.21. The molecule has 2 aromatic carbocycles. The van der Waals surface area contributed by atoms with E-state index in [1.54, 1.807) is 24.3 Å². The van der Waals surface area contributed by atoms with E-state index in [0.717, 1.165) is 5.56 Å². The van der Waals surface area contributed by atoms with Gasteiger partial charge in [0.05, 0.1) is 17.4 Å². The van der Waals surface area contributed by atoms with E-state index in [0.29, 0.717) is 29.5 Å². The number of halogens is 1. The average Bonchev–Trinajstić information content (AvgIpc) is 2.96. The number of hydrogen-bond donors (Lipinski definition) is 1. The molecule has 0 aromatic heterocycles. The Morgan fingerprint density at radius 2 is 1.88 bits per heavy atom. The van der Waals surface area contributed by atoms with Crippen molar-refractivity contribution in [3.63, 3.8) is 0 Å². The number of nitrogens with one attached hydrogen (secondary N) is 1. The van der Waals surface area contributed by atoms with Crippen LogP contribution in [0.5, 0.6) is 5.75 Å². The number of anilines is 1. The summed E-state index contributed by atoms with van der Waals surface area (Å²) in [5.41, 5.74) is 1.50. The molecule has 0 bridgehead atoms. The van der Waals surface area contributed by atoms with E-state index >= 15 is 0 Å². The van der Waals surface area contributed by atoms with E-state index in [2.05, 4.69) is 5.32 Å². The van der Waals surface area contributed by atoms with Crippen LogP contribution < -0.4 is 10.1 Å². The summed E-state index contributed by atoms with van der Waals surface area (Å²) in [4.78, 5) is 12.1. The Kier molecular flexibility index (Phi) is 5.30. The Morgan fingerprint density at radius 3 is 2.52 bits per heavy atom. The van der Waals surface area contributed by atoms with Crippen LogP contribution in [0, 0.1) is 5.92 Å². The van der Waals surface area contributed by atoms with E-state index in [1.807, 2.05) is 24.3 Å². The number of sulfone groups is 1. The number of carbonyl (C=O) groups is 1. The third-order valence-electron chi connectivity index (χ3n) is 4.08. The van der Waals surface area contributed by atoms with Crippen molar-refractivity contribution in [3.05, 3.63) is 59.1 Å². The van der Waals surface area contributed by atoms with Crippen molar-refractivity contribution in [1.82, 2.24) is 0 Å². The van der Waals surface area contributed by atoms with Gasteiger partial charge in [0, 0.05) is 16.3 Å². The first-order valence-corrected chi connectivity index (χ1v) is 10.1. The first-order chi connectivity index (χ1) is 11.9. The van der Waals surface area contributed by atoms with E-state index in [4.69, 9.17) is 16.3 Å². The summed E-state index contributed by atoms with van der Waals surface area (Å²) in [5.74, 6) is -0.0639. The normalized spacial score (nSPS) is 18.7. The second-order valence-electron chi connectivity index (χ2n) is 5.99. The minimum absolute atomic E-state index is 0.0716. The molecule has 1 atom stereocenters. The molecule has 1 N–H and O–H groups in total. The Bertz CT molecular complexity index is 865. The summed E-state index contributed by atoms with van der Waals surface area (Å²) in [7, 11) is -3.07. The first kappa shape index (κ1) is 17.8. The van der Waals surface area contributed by atoms with Crippen molar-refractivity contribution in [1.29, 1.82) is 0 Å². The van der Waals surface area contributed by atoms with Gasteiger partial charge in [-0.05, 0) is 36.8 Å². The van der Waals surface area contributed by atoms with Crippen molar-refractivity contribution >= 4 is 33.0 Å².